The first-order valence-electron chi connectivity index (χ1n) is 9.19. The summed E-state index contributed by atoms with van der Waals surface area (Å²) in [5.41, 5.74) is -1.51. The van der Waals surface area contributed by atoms with Crippen LogP contribution < -0.4 is 11.2 Å². The Morgan fingerprint density at radius 2 is 1.97 bits per heavy atom. The molecular formula is C18H26FN3O7. The van der Waals surface area contributed by atoms with Crippen LogP contribution in [0.3, 0.4) is 0 Å². The van der Waals surface area contributed by atoms with Crippen LogP contribution in [0.25, 0.3) is 0 Å². The van der Waals surface area contributed by atoms with Gasteiger partial charge < -0.3 is 14.2 Å². The number of halogens is 1. The number of rotatable bonds is 7. The molecule has 2 rings (SSSR count). The molecule has 10 nitrogen and oxygen atoms in total. The lowest BCUT2D eigenvalue weighted by Crippen LogP contribution is -2.46. The van der Waals surface area contributed by atoms with E-state index in [0.717, 1.165) is 11.5 Å². The molecular weight excluding hydrogens is 389 g/mol. The lowest BCUT2D eigenvalue weighted by molar-refractivity contribution is -0.165. The minimum Gasteiger partial charge on any atom is -0.463 e. The molecule has 2 heterocycles. The van der Waals surface area contributed by atoms with Gasteiger partial charge in [-0.05, 0) is 13.0 Å². The molecule has 1 aliphatic heterocycles. The minimum absolute atomic E-state index is 0.130. The molecule has 0 radical (unpaired) electrons. The number of aromatic nitrogens is 2. The minimum atomic E-state index is -2.33. The number of esters is 2. The van der Waals surface area contributed by atoms with E-state index in [1.165, 1.54) is 12.3 Å². The van der Waals surface area contributed by atoms with Crippen LogP contribution in [0.5, 0.6) is 0 Å². The highest BCUT2D eigenvalue weighted by atomic mass is 19.1. The molecule has 0 aromatic carbocycles. The van der Waals surface area contributed by atoms with Gasteiger partial charge in [0.15, 0.2) is 23.8 Å². The number of carbonyl (C=O) groups excluding carboxylic acids is 2. The van der Waals surface area contributed by atoms with Crippen molar-refractivity contribution in [3.05, 3.63) is 22.7 Å². The van der Waals surface area contributed by atoms with Gasteiger partial charge in [0.2, 0.25) is 0 Å². The second kappa shape index (κ2) is 8.87. The molecule has 1 fully saturated rings. The summed E-state index contributed by atoms with van der Waals surface area (Å²) in [5.74, 6) is -2.25. The molecule has 162 valence electrons. The highest BCUT2D eigenvalue weighted by Gasteiger charge is 2.58. The van der Waals surface area contributed by atoms with E-state index in [1.807, 2.05) is 0 Å². The van der Waals surface area contributed by atoms with E-state index in [1.54, 1.807) is 33.2 Å². The van der Waals surface area contributed by atoms with Crippen LogP contribution in [0.1, 0.15) is 40.8 Å². The fraction of sp³-hybridized carbons (Fsp3) is 0.667. The van der Waals surface area contributed by atoms with Gasteiger partial charge in [-0.15, -0.1) is 0 Å². The number of alkyl halides is 1. The summed E-state index contributed by atoms with van der Waals surface area (Å²) in [6.45, 7) is 7.23. The molecule has 1 aliphatic rings. The molecule has 0 amide bonds. The van der Waals surface area contributed by atoms with Crippen LogP contribution in [0.15, 0.2) is 17.1 Å². The summed E-state index contributed by atoms with van der Waals surface area (Å²) in [6, 6.07) is 1.24. The van der Waals surface area contributed by atoms with Crippen molar-refractivity contribution < 1.29 is 33.4 Å². The average Bonchev–Trinajstić information content (AvgIpc) is 2.89. The number of hydrogen-bond acceptors (Lipinski definition) is 9. The van der Waals surface area contributed by atoms with E-state index >= 15 is 4.39 Å². The third-order valence-corrected chi connectivity index (χ3v) is 4.45. The van der Waals surface area contributed by atoms with Crippen LogP contribution in [0, 0.1) is 11.8 Å². The topological polar surface area (TPSA) is 129 Å². The molecule has 11 heteroatoms. The fourth-order valence-electron chi connectivity index (χ4n) is 2.77. The van der Waals surface area contributed by atoms with E-state index in [4.69, 9.17) is 19.4 Å². The van der Waals surface area contributed by atoms with E-state index in [9.17, 15) is 14.4 Å². The van der Waals surface area contributed by atoms with Crippen LogP contribution in [-0.2, 0) is 23.8 Å². The van der Waals surface area contributed by atoms with Gasteiger partial charge in [0, 0.05) is 6.20 Å². The zero-order valence-electron chi connectivity index (χ0n) is 16.9. The van der Waals surface area contributed by atoms with Crippen molar-refractivity contribution >= 4 is 17.8 Å². The Balaban J connectivity index is 2.35. The van der Waals surface area contributed by atoms with Gasteiger partial charge >= 0.3 is 17.6 Å². The maximum atomic E-state index is 15.7. The van der Waals surface area contributed by atoms with Gasteiger partial charge in [-0.25, -0.2) is 9.18 Å². The highest BCUT2D eigenvalue weighted by molar-refractivity contribution is 5.72. The average molecular weight is 415 g/mol. The maximum Gasteiger partial charge on any atom is 0.351 e. The highest BCUT2D eigenvalue weighted by Crippen LogP contribution is 2.43. The summed E-state index contributed by atoms with van der Waals surface area (Å²) in [6.07, 6.45) is -2.88. The van der Waals surface area contributed by atoms with Crippen molar-refractivity contribution in [3.8, 4) is 0 Å². The molecule has 0 aliphatic carbocycles. The van der Waals surface area contributed by atoms with Crippen LogP contribution in [0.2, 0.25) is 0 Å². The van der Waals surface area contributed by atoms with Crippen molar-refractivity contribution in [3.63, 3.8) is 0 Å². The Morgan fingerprint density at radius 3 is 2.48 bits per heavy atom. The van der Waals surface area contributed by atoms with E-state index in [2.05, 4.69) is 4.98 Å². The van der Waals surface area contributed by atoms with Gasteiger partial charge in [-0.1, -0.05) is 27.7 Å². The predicted molar refractivity (Wildman–Crippen MR) is 97.8 cm³/mol. The smallest absolute Gasteiger partial charge is 0.351 e. The van der Waals surface area contributed by atoms with Gasteiger partial charge in [0.1, 0.15) is 12.7 Å². The largest absolute Gasteiger partial charge is 0.463 e. The molecule has 1 saturated heterocycles. The van der Waals surface area contributed by atoms with E-state index in [0.29, 0.717) is 0 Å². The Morgan fingerprint density at radius 1 is 1.34 bits per heavy atom. The number of anilines is 1. The van der Waals surface area contributed by atoms with Crippen molar-refractivity contribution in [2.45, 2.75) is 58.7 Å². The second-order valence-corrected chi connectivity index (χ2v) is 7.59. The standard InChI is InChI=1S/C18H26FN3O7/c1-9(2)14(23)27-8-11-13(29-15(24)10(3)4)18(5,19)16(28-11)22-7-6-12(21-26)20-17(22)25/h6-7,9-11,13,16,26H,8H2,1-5H3,(H,20,21,25). The maximum absolute atomic E-state index is 15.7. The predicted octanol–water partition coefficient (Wildman–Crippen LogP) is 1.44. The zero-order valence-corrected chi connectivity index (χ0v) is 16.9. The number of carbonyl (C=O) groups is 2. The van der Waals surface area contributed by atoms with Crippen molar-refractivity contribution in [1.82, 2.24) is 9.55 Å². The summed E-state index contributed by atoms with van der Waals surface area (Å²) >= 11 is 0. The monoisotopic (exact) mass is 415 g/mol. The first-order valence-corrected chi connectivity index (χ1v) is 9.19. The lowest BCUT2D eigenvalue weighted by Gasteiger charge is -2.28. The second-order valence-electron chi connectivity index (χ2n) is 7.59. The zero-order chi connectivity index (χ0) is 21.9. The summed E-state index contributed by atoms with van der Waals surface area (Å²) in [5, 5.41) is 8.85. The van der Waals surface area contributed by atoms with Gasteiger partial charge in [0.05, 0.1) is 11.8 Å². The molecule has 0 saturated carbocycles. The molecule has 1 aromatic heterocycles. The van der Waals surface area contributed by atoms with Crippen molar-refractivity contribution in [1.29, 1.82) is 0 Å². The Bertz CT molecular complexity index is 809. The van der Waals surface area contributed by atoms with E-state index < -0.39 is 53.6 Å². The van der Waals surface area contributed by atoms with Gasteiger partial charge in [-0.3, -0.25) is 24.8 Å². The van der Waals surface area contributed by atoms with Gasteiger partial charge in [0.25, 0.3) is 0 Å². The number of nitrogens with zero attached hydrogens (tertiary/aromatic N) is 2. The van der Waals surface area contributed by atoms with Gasteiger partial charge in [-0.2, -0.15) is 4.98 Å². The Hall–Kier alpha value is -2.53. The normalized spacial score (nSPS) is 26.6. The molecule has 0 spiro atoms. The first kappa shape index (κ1) is 22.8. The quantitative estimate of drug-likeness (QED) is 0.502. The van der Waals surface area contributed by atoms with Crippen molar-refractivity contribution in [2.75, 3.05) is 12.1 Å². The van der Waals surface area contributed by atoms with E-state index in [-0.39, 0.29) is 12.4 Å². The third-order valence-electron chi connectivity index (χ3n) is 4.45. The molecule has 0 bridgehead atoms. The van der Waals surface area contributed by atoms with Crippen LogP contribution >= 0.6 is 0 Å². The number of hydrogen-bond donors (Lipinski definition) is 2. The number of ether oxygens (including phenoxy) is 3. The molecule has 1 aromatic rings. The summed E-state index contributed by atoms with van der Waals surface area (Å²) in [4.78, 5) is 39.7. The number of nitrogens with one attached hydrogen (secondary N) is 1. The van der Waals surface area contributed by atoms with Crippen LogP contribution in [0.4, 0.5) is 10.2 Å². The first-order chi connectivity index (χ1) is 13.5. The molecule has 4 unspecified atom stereocenters. The lowest BCUT2D eigenvalue weighted by atomic mass is 9.98. The Kier molecular flexibility index (Phi) is 6.96. The molecule has 4 atom stereocenters. The molecule has 29 heavy (non-hydrogen) atoms. The Labute approximate surface area is 166 Å². The molecule has 2 N–H and O–H groups in total. The SMILES string of the molecule is CC(C)C(=O)OCC1OC(n2ccc(NO)nc2=O)C(C)(F)C1OC(=O)C(C)C. The van der Waals surface area contributed by atoms with Crippen molar-refractivity contribution in [2.24, 2.45) is 11.8 Å². The summed E-state index contributed by atoms with van der Waals surface area (Å²) < 4.78 is 32.7. The fourth-order valence-corrected chi connectivity index (χ4v) is 2.77. The third kappa shape index (κ3) is 4.91. The van der Waals surface area contributed by atoms with Crippen LogP contribution in [-0.4, -0.2) is 51.2 Å². The summed E-state index contributed by atoms with van der Waals surface area (Å²) in [7, 11) is 0.